The summed E-state index contributed by atoms with van der Waals surface area (Å²) in [5.41, 5.74) is 0.708. The second-order valence-electron chi connectivity index (χ2n) is 5.97. The van der Waals surface area contributed by atoms with Gasteiger partial charge in [0.25, 0.3) is 5.91 Å². The molecule has 28 heavy (non-hydrogen) atoms. The van der Waals surface area contributed by atoms with Crippen LogP contribution in [0.1, 0.15) is 27.4 Å². The molecule has 146 valence electrons. The van der Waals surface area contributed by atoms with Crippen LogP contribution in [0.25, 0.3) is 0 Å². The molecule has 0 radical (unpaired) electrons. The number of nitrogens with zero attached hydrogens (tertiary/aromatic N) is 4. The summed E-state index contributed by atoms with van der Waals surface area (Å²) in [5.74, 6) is -0.306. The van der Waals surface area contributed by atoms with E-state index in [0.29, 0.717) is 11.4 Å². The number of anilines is 1. The van der Waals surface area contributed by atoms with Gasteiger partial charge in [-0.05, 0) is 44.2 Å². The second-order valence-corrected chi connectivity index (χ2v) is 5.97. The van der Waals surface area contributed by atoms with Gasteiger partial charge in [0, 0.05) is 17.6 Å². The molecule has 0 aliphatic rings. The zero-order valence-corrected chi connectivity index (χ0v) is 15.0. The van der Waals surface area contributed by atoms with Gasteiger partial charge in [0.05, 0.1) is 5.56 Å². The number of carbonyl (C=O) groups excluding carboxylic acids is 1. The Morgan fingerprint density at radius 3 is 2.54 bits per heavy atom. The summed E-state index contributed by atoms with van der Waals surface area (Å²) in [6, 6.07) is 7.74. The average molecular weight is 391 g/mol. The smallest absolute Gasteiger partial charge is 0.416 e. The second kappa shape index (κ2) is 7.67. The molecule has 0 saturated heterocycles. The summed E-state index contributed by atoms with van der Waals surface area (Å²) in [6.45, 7) is 3.41. The maximum absolute atomic E-state index is 12.7. The number of aromatic nitrogens is 4. The van der Waals surface area contributed by atoms with Gasteiger partial charge in [-0.25, -0.2) is 14.6 Å². The van der Waals surface area contributed by atoms with Crippen LogP contribution < -0.4 is 10.1 Å². The Kier molecular flexibility index (Phi) is 5.30. The van der Waals surface area contributed by atoms with Crippen molar-refractivity contribution in [1.29, 1.82) is 0 Å². The predicted octanol–water partition coefficient (Wildman–Crippen LogP) is 3.60. The molecule has 0 aliphatic carbocycles. The van der Waals surface area contributed by atoms with Gasteiger partial charge in [0.15, 0.2) is 12.4 Å². The van der Waals surface area contributed by atoms with E-state index in [-0.39, 0.29) is 24.1 Å². The first-order valence-corrected chi connectivity index (χ1v) is 8.18. The molecule has 3 aromatic rings. The van der Waals surface area contributed by atoms with Crippen molar-refractivity contribution in [2.45, 2.75) is 26.8 Å². The summed E-state index contributed by atoms with van der Waals surface area (Å²) >= 11 is 0. The third-order valence-corrected chi connectivity index (χ3v) is 3.61. The Hall–Kier alpha value is -3.43. The highest BCUT2D eigenvalue weighted by molar-refractivity contribution is 6.01. The van der Waals surface area contributed by atoms with Crippen LogP contribution in [0, 0.1) is 13.8 Å². The number of amides is 1. The number of rotatable bonds is 5. The van der Waals surface area contributed by atoms with Crippen LogP contribution in [0.3, 0.4) is 0 Å². The first-order valence-electron chi connectivity index (χ1n) is 8.18. The first kappa shape index (κ1) is 19.3. The van der Waals surface area contributed by atoms with E-state index in [9.17, 15) is 18.0 Å². The lowest BCUT2D eigenvalue weighted by atomic mass is 10.2. The van der Waals surface area contributed by atoms with E-state index in [0.717, 1.165) is 12.1 Å². The van der Waals surface area contributed by atoms with Gasteiger partial charge in [-0.2, -0.15) is 18.3 Å². The van der Waals surface area contributed by atoms with Crippen LogP contribution in [0.2, 0.25) is 0 Å². The monoisotopic (exact) mass is 391 g/mol. The molecule has 0 bridgehead atoms. The van der Waals surface area contributed by atoms with Crippen molar-refractivity contribution >= 4 is 11.9 Å². The van der Waals surface area contributed by atoms with E-state index in [4.69, 9.17) is 4.74 Å². The van der Waals surface area contributed by atoms with Crippen LogP contribution in [-0.4, -0.2) is 25.7 Å². The molecule has 2 aromatic heterocycles. The largest absolute Gasteiger partial charge is 0.471 e. The summed E-state index contributed by atoms with van der Waals surface area (Å²) in [7, 11) is 0. The molecule has 0 fully saturated rings. The zero-order chi connectivity index (χ0) is 20.3. The van der Waals surface area contributed by atoms with Crippen molar-refractivity contribution in [2.75, 3.05) is 5.32 Å². The molecular formula is C18H16F3N5O2. The third kappa shape index (κ3) is 4.84. The van der Waals surface area contributed by atoms with Crippen molar-refractivity contribution in [3.8, 4) is 5.75 Å². The predicted molar refractivity (Wildman–Crippen MR) is 93.8 cm³/mol. The Morgan fingerprint density at radius 1 is 1.14 bits per heavy atom. The highest BCUT2D eigenvalue weighted by Gasteiger charge is 2.30. The number of ether oxygens (including phenoxy) is 1. The van der Waals surface area contributed by atoms with Crippen molar-refractivity contribution in [2.24, 2.45) is 0 Å². The van der Waals surface area contributed by atoms with Crippen LogP contribution in [0.5, 0.6) is 5.75 Å². The molecule has 0 unspecified atom stereocenters. The lowest BCUT2D eigenvalue weighted by molar-refractivity contribution is -0.137. The Bertz CT molecular complexity index is 981. The maximum Gasteiger partial charge on any atom is 0.416 e. The molecule has 3 rings (SSSR count). The fraction of sp³-hybridized carbons (Fsp3) is 0.222. The SMILES string of the molecule is Cc1cc(C)nc(NC(=O)c2ccn(COc3cccc(C(F)(F)F)c3)n2)n1. The number of alkyl halides is 3. The van der Waals surface area contributed by atoms with Gasteiger partial charge in [-0.15, -0.1) is 0 Å². The standard InChI is InChI=1S/C18H16F3N5O2/c1-11-8-12(2)23-17(22-11)24-16(27)15-6-7-26(25-15)10-28-14-5-3-4-13(9-14)18(19,20)21/h3-9H,10H2,1-2H3,(H,22,23,24,27). The molecule has 7 nitrogen and oxygen atoms in total. The van der Waals surface area contributed by atoms with Crippen molar-refractivity contribution in [3.05, 3.63) is 65.2 Å². The van der Waals surface area contributed by atoms with Crippen LogP contribution >= 0.6 is 0 Å². The zero-order valence-electron chi connectivity index (χ0n) is 15.0. The van der Waals surface area contributed by atoms with Gasteiger partial charge in [-0.3, -0.25) is 10.1 Å². The van der Waals surface area contributed by atoms with Crippen LogP contribution in [-0.2, 0) is 12.9 Å². The van der Waals surface area contributed by atoms with Gasteiger partial charge in [0.1, 0.15) is 5.75 Å². The lowest BCUT2D eigenvalue weighted by Crippen LogP contribution is -2.16. The highest BCUT2D eigenvalue weighted by atomic mass is 19.4. The highest BCUT2D eigenvalue weighted by Crippen LogP contribution is 2.31. The molecule has 1 amide bonds. The lowest BCUT2D eigenvalue weighted by Gasteiger charge is -2.10. The Labute approximate surface area is 158 Å². The minimum absolute atomic E-state index is 0.0416. The van der Waals surface area contributed by atoms with Gasteiger partial charge >= 0.3 is 6.18 Å². The molecule has 1 aromatic carbocycles. The quantitative estimate of drug-likeness (QED) is 0.719. The van der Waals surface area contributed by atoms with E-state index < -0.39 is 17.6 Å². The van der Waals surface area contributed by atoms with E-state index in [1.54, 1.807) is 19.9 Å². The fourth-order valence-corrected chi connectivity index (χ4v) is 2.40. The van der Waals surface area contributed by atoms with Crippen molar-refractivity contribution < 1.29 is 22.7 Å². The van der Waals surface area contributed by atoms with Crippen LogP contribution in [0.4, 0.5) is 19.1 Å². The topological polar surface area (TPSA) is 81.9 Å². The summed E-state index contributed by atoms with van der Waals surface area (Å²) in [6.07, 6.45) is -2.97. The number of carbonyl (C=O) groups is 1. The van der Waals surface area contributed by atoms with E-state index in [1.165, 1.54) is 29.1 Å². The molecule has 10 heteroatoms. The number of hydrogen-bond donors (Lipinski definition) is 1. The third-order valence-electron chi connectivity index (χ3n) is 3.61. The van der Waals surface area contributed by atoms with E-state index in [2.05, 4.69) is 20.4 Å². The van der Waals surface area contributed by atoms with Crippen molar-refractivity contribution in [3.63, 3.8) is 0 Å². The average Bonchev–Trinajstić information content (AvgIpc) is 3.08. The first-order chi connectivity index (χ1) is 13.2. The normalized spacial score (nSPS) is 11.3. The molecule has 0 atom stereocenters. The number of halogens is 3. The maximum atomic E-state index is 12.7. The number of aryl methyl sites for hydroxylation is 2. The van der Waals surface area contributed by atoms with Gasteiger partial charge in [-0.1, -0.05) is 6.07 Å². The summed E-state index contributed by atoms with van der Waals surface area (Å²) < 4.78 is 44.8. The number of hydrogen-bond acceptors (Lipinski definition) is 5. The molecule has 1 N–H and O–H groups in total. The Morgan fingerprint density at radius 2 is 1.86 bits per heavy atom. The van der Waals surface area contributed by atoms with E-state index in [1.807, 2.05) is 0 Å². The van der Waals surface area contributed by atoms with Crippen LogP contribution in [0.15, 0.2) is 42.6 Å². The minimum Gasteiger partial charge on any atom is -0.471 e. The van der Waals surface area contributed by atoms with Gasteiger partial charge in [0.2, 0.25) is 5.95 Å². The summed E-state index contributed by atoms with van der Waals surface area (Å²) in [5, 5.41) is 6.59. The minimum atomic E-state index is -4.45. The fourth-order valence-electron chi connectivity index (χ4n) is 2.40. The van der Waals surface area contributed by atoms with Gasteiger partial charge < -0.3 is 4.74 Å². The molecule has 0 saturated carbocycles. The number of benzene rings is 1. The molecule has 0 aliphatic heterocycles. The van der Waals surface area contributed by atoms with E-state index >= 15 is 0 Å². The number of nitrogens with one attached hydrogen (secondary N) is 1. The summed E-state index contributed by atoms with van der Waals surface area (Å²) in [4.78, 5) is 20.5. The molecule has 2 heterocycles. The molecule has 0 spiro atoms. The van der Waals surface area contributed by atoms with Crippen molar-refractivity contribution in [1.82, 2.24) is 19.7 Å². The Balaban J connectivity index is 1.63. The molecular weight excluding hydrogens is 375 g/mol.